The van der Waals surface area contributed by atoms with Crippen LogP contribution in [-0.2, 0) is 9.53 Å². The van der Waals surface area contributed by atoms with Crippen molar-refractivity contribution in [2.75, 3.05) is 0 Å². The summed E-state index contributed by atoms with van der Waals surface area (Å²) in [4.78, 5) is 10.7. The summed E-state index contributed by atoms with van der Waals surface area (Å²) in [5, 5.41) is 8.83. The first kappa shape index (κ1) is 19.5. The van der Waals surface area contributed by atoms with E-state index in [0.717, 1.165) is 19.3 Å². The van der Waals surface area contributed by atoms with Crippen LogP contribution in [0, 0.1) is 5.92 Å². The minimum Gasteiger partial charge on any atom is -0.481 e. The largest absolute Gasteiger partial charge is 0.481 e. The van der Waals surface area contributed by atoms with Crippen LogP contribution < -0.4 is 0 Å². The Bertz CT molecular complexity index is 290. The van der Waals surface area contributed by atoms with E-state index in [9.17, 15) is 4.79 Å². The lowest BCUT2D eigenvalue weighted by Crippen LogP contribution is -2.09. The molecule has 22 heavy (non-hydrogen) atoms. The monoisotopic (exact) mass is 312 g/mol. The van der Waals surface area contributed by atoms with Crippen molar-refractivity contribution in [2.24, 2.45) is 5.92 Å². The predicted molar refractivity (Wildman–Crippen MR) is 91.2 cm³/mol. The first-order valence-electron chi connectivity index (χ1n) is 9.53. The van der Waals surface area contributed by atoms with Gasteiger partial charge in [0.15, 0.2) is 0 Å². The van der Waals surface area contributed by atoms with Gasteiger partial charge in [-0.15, -0.1) is 0 Å². The lowest BCUT2D eigenvalue weighted by Gasteiger charge is -2.04. The maximum absolute atomic E-state index is 10.7. The Morgan fingerprint density at radius 1 is 0.909 bits per heavy atom. The first-order chi connectivity index (χ1) is 10.6. The van der Waals surface area contributed by atoms with Crippen LogP contribution in [0.4, 0.5) is 0 Å². The van der Waals surface area contributed by atoms with Gasteiger partial charge in [0.2, 0.25) is 0 Å². The first-order valence-corrected chi connectivity index (χ1v) is 9.53. The summed E-state index contributed by atoms with van der Waals surface area (Å²) in [6, 6.07) is 0. The second kappa shape index (κ2) is 11.9. The average Bonchev–Trinajstić information content (AvgIpc) is 3.23. The number of carbonyl (C=O) groups is 1. The molecule has 0 aromatic rings. The summed E-state index contributed by atoms with van der Waals surface area (Å²) < 4.78 is 5.68. The molecule has 1 heterocycles. The minimum absolute atomic E-state index is 0.213. The molecule has 0 bridgehead atoms. The fourth-order valence-corrected chi connectivity index (χ4v) is 3.09. The van der Waals surface area contributed by atoms with Crippen molar-refractivity contribution in [1.82, 2.24) is 0 Å². The highest BCUT2D eigenvalue weighted by atomic mass is 16.6. The average molecular weight is 312 g/mol. The number of rotatable bonds is 15. The van der Waals surface area contributed by atoms with Crippen LogP contribution >= 0.6 is 0 Å². The smallest absolute Gasteiger partial charge is 0.306 e. The highest BCUT2D eigenvalue weighted by Gasteiger charge is 2.37. The molecule has 1 N–H and O–H groups in total. The highest BCUT2D eigenvalue weighted by Crippen LogP contribution is 2.32. The number of hydrogen-bond acceptors (Lipinski definition) is 2. The molecule has 3 heteroatoms. The molecule has 0 aliphatic carbocycles. The Kier molecular flexibility index (Phi) is 10.6. The molecular formula is C19H36O3. The Labute approximate surface area is 136 Å². The molecule has 0 radical (unpaired) electrons. The van der Waals surface area contributed by atoms with Gasteiger partial charge in [-0.3, -0.25) is 4.79 Å². The van der Waals surface area contributed by atoms with Gasteiger partial charge in [0, 0.05) is 0 Å². The molecule has 130 valence electrons. The third-order valence-electron chi connectivity index (χ3n) is 4.83. The van der Waals surface area contributed by atoms with Gasteiger partial charge in [0.1, 0.15) is 0 Å². The summed E-state index contributed by atoms with van der Waals surface area (Å²) in [5.41, 5.74) is 0. The van der Waals surface area contributed by atoms with E-state index in [1.165, 1.54) is 64.2 Å². The van der Waals surface area contributed by atoms with Gasteiger partial charge in [-0.2, -0.15) is 0 Å². The molecule has 0 spiro atoms. The summed E-state index contributed by atoms with van der Waals surface area (Å²) in [6.45, 7) is 4.05. The Morgan fingerprint density at radius 3 is 1.95 bits per heavy atom. The number of epoxide rings is 1. The molecule has 3 unspecified atom stereocenters. The number of hydrogen-bond donors (Lipinski definition) is 1. The van der Waals surface area contributed by atoms with Gasteiger partial charge in [0.05, 0.1) is 18.1 Å². The van der Waals surface area contributed by atoms with E-state index in [2.05, 4.69) is 6.92 Å². The highest BCUT2D eigenvalue weighted by molar-refractivity contribution is 5.69. The summed E-state index contributed by atoms with van der Waals surface area (Å²) >= 11 is 0. The van der Waals surface area contributed by atoms with E-state index in [1.807, 2.05) is 0 Å². The summed E-state index contributed by atoms with van der Waals surface area (Å²) in [5.74, 6) is -0.891. The van der Waals surface area contributed by atoms with E-state index in [4.69, 9.17) is 9.84 Å². The van der Waals surface area contributed by atoms with Crippen LogP contribution in [0.15, 0.2) is 0 Å². The van der Waals surface area contributed by atoms with E-state index < -0.39 is 5.97 Å². The molecule has 1 rings (SSSR count). The fourth-order valence-electron chi connectivity index (χ4n) is 3.09. The van der Waals surface area contributed by atoms with Crippen LogP contribution in [-0.4, -0.2) is 23.3 Å². The quantitative estimate of drug-likeness (QED) is 0.318. The molecule has 0 amide bonds. The topological polar surface area (TPSA) is 49.8 Å². The second-order valence-corrected chi connectivity index (χ2v) is 7.00. The van der Waals surface area contributed by atoms with Gasteiger partial charge >= 0.3 is 5.97 Å². The van der Waals surface area contributed by atoms with Gasteiger partial charge in [-0.1, -0.05) is 71.6 Å². The SMILES string of the molecule is CCCCCCCCCCCC1OC1CCCC(C)C(=O)O. The van der Waals surface area contributed by atoms with Crippen LogP contribution in [0.5, 0.6) is 0 Å². The van der Waals surface area contributed by atoms with Crippen LogP contribution in [0.3, 0.4) is 0 Å². The van der Waals surface area contributed by atoms with Crippen molar-refractivity contribution >= 4 is 5.97 Å². The standard InChI is InChI=1S/C19H36O3/c1-3-4-5-6-7-8-9-10-11-14-17-18(22-17)15-12-13-16(2)19(20)21/h16-18H,3-15H2,1-2H3,(H,20,21). The van der Waals surface area contributed by atoms with Gasteiger partial charge < -0.3 is 9.84 Å². The van der Waals surface area contributed by atoms with Gasteiger partial charge in [-0.25, -0.2) is 0 Å². The summed E-state index contributed by atoms with van der Waals surface area (Å²) in [7, 11) is 0. The Morgan fingerprint density at radius 2 is 1.41 bits per heavy atom. The van der Waals surface area contributed by atoms with Crippen molar-refractivity contribution in [2.45, 2.75) is 110 Å². The molecule has 0 aromatic heterocycles. The maximum atomic E-state index is 10.7. The van der Waals surface area contributed by atoms with Crippen molar-refractivity contribution in [3.8, 4) is 0 Å². The Hall–Kier alpha value is -0.570. The van der Waals surface area contributed by atoms with E-state index in [-0.39, 0.29) is 5.92 Å². The van der Waals surface area contributed by atoms with Crippen molar-refractivity contribution in [3.63, 3.8) is 0 Å². The maximum Gasteiger partial charge on any atom is 0.306 e. The van der Waals surface area contributed by atoms with E-state index >= 15 is 0 Å². The molecule has 3 atom stereocenters. The van der Waals surface area contributed by atoms with E-state index in [0.29, 0.717) is 12.2 Å². The number of carboxylic acid groups (broad SMARTS) is 1. The molecular weight excluding hydrogens is 276 g/mol. The summed E-state index contributed by atoms with van der Waals surface area (Å²) in [6.07, 6.45) is 17.3. The fraction of sp³-hybridized carbons (Fsp3) is 0.947. The molecule has 1 aliphatic heterocycles. The number of carboxylic acids is 1. The molecule has 1 saturated heterocycles. The van der Waals surface area contributed by atoms with Crippen LogP contribution in [0.25, 0.3) is 0 Å². The minimum atomic E-state index is -0.678. The van der Waals surface area contributed by atoms with Crippen molar-refractivity contribution in [3.05, 3.63) is 0 Å². The lowest BCUT2D eigenvalue weighted by molar-refractivity contribution is -0.141. The van der Waals surface area contributed by atoms with Crippen LogP contribution in [0.2, 0.25) is 0 Å². The van der Waals surface area contributed by atoms with Crippen molar-refractivity contribution in [1.29, 1.82) is 0 Å². The molecule has 0 aromatic carbocycles. The lowest BCUT2D eigenvalue weighted by atomic mass is 10.0. The van der Waals surface area contributed by atoms with Gasteiger partial charge in [0.25, 0.3) is 0 Å². The molecule has 1 aliphatic rings. The number of aliphatic carboxylic acids is 1. The molecule has 3 nitrogen and oxygen atoms in total. The zero-order valence-corrected chi connectivity index (χ0v) is 14.7. The zero-order chi connectivity index (χ0) is 16.2. The molecule has 1 fully saturated rings. The third-order valence-corrected chi connectivity index (χ3v) is 4.83. The number of ether oxygens (including phenoxy) is 1. The second-order valence-electron chi connectivity index (χ2n) is 7.00. The number of unbranched alkanes of at least 4 members (excludes halogenated alkanes) is 8. The predicted octanol–water partition coefficient (Wildman–Crippen LogP) is 5.57. The van der Waals surface area contributed by atoms with E-state index in [1.54, 1.807) is 6.92 Å². The third kappa shape index (κ3) is 9.45. The zero-order valence-electron chi connectivity index (χ0n) is 14.7. The van der Waals surface area contributed by atoms with Gasteiger partial charge in [-0.05, 0) is 25.7 Å². The normalized spacial score (nSPS) is 21.7. The van der Waals surface area contributed by atoms with Crippen LogP contribution in [0.1, 0.15) is 97.3 Å². The Balaban J connectivity index is 1.81. The van der Waals surface area contributed by atoms with Crippen molar-refractivity contribution < 1.29 is 14.6 Å². The molecule has 0 saturated carbocycles.